The van der Waals surface area contributed by atoms with Gasteiger partial charge in [0, 0.05) is 16.9 Å². The van der Waals surface area contributed by atoms with Crippen molar-refractivity contribution in [1.82, 2.24) is 0 Å². The van der Waals surface area contributed by atoms with Crippen LogP contribution in [0.4, 0.5) is 5.69 Å². The summed E-state index contributed by atoms with van der Waals surface area (Å²) in [7, 11) is 0. The standard InChI is InChI=1S/C15H21BrN2O3/c1-15(2,3)8-9(17)7-12(19)18-13-10(14(20)21)5-4-6-11(13)16/h4-6,9H,7-8,17H2,1-3H3,(H,18,19)(H,20,21). The van der Waals surface area contributed by atoms with E-state index in [9.17, 15) is 9.59 Å². The summed E-state index contributed by atoms with van der Waals surface area (Å²) in [5, 5.41) is 11.8. The average molecular weight is 357 g/mol. The zero-order valence-electron chi connectivity index (χ0n) is 12.4. The maximum atomic E-state index is 12.0. The Morgan fingerprint density at radius 1 is 1.38 bits per heavy atom. The summed E-state index contributed by atoms with van der Waals surface area (Å²) in [6.07, 6.45) is 0.861. The number of carboxylic acid groups (broad SMARTS) is 1. The normalized spacial score (nSPS) is 12.8. The molecule has 1 rings (SSSR count). The van der Waals surface area contributed by atoms with Gasteiger partial charge >= 0.3 is 5.97 Å². The van der Waals surface area contributed by atoms with Crippen molar-refractivity contribution >= 4 is 33.5 Å². The molecule has 1 aromatic carbocycles. The highest BCUT2D eigenvalue weighted by Crippen LogP contribution is 2.27. The van der Waals surface area contributed by atoms with Crippen molar-refractivity contribution in [2.75, 3.05) is 5.32 Å². The third kappa shape index (κ3) is 5.85. The number of hydrogen-bond acceptors (Lipinski definition) is 3. The Labute approximate surface area is 133 Å². The van der Waals surface area contributed by atoms with Gasteiger partial charge in [-0.15, -0.1) is 0 Å². The summed E-state index contributed by atoms with van der Waals surface area (Å²) in [4.78, 5) is 23.2. The van der Waals surface area contributed by atoms with Crippen molar-refractivity contribution in [3.8, 4) is 0 Å². The lowest BCUT2D eigenvalue weighted by Crippen LogP contribution is -2.31. The first-order chi connectivity index (χ1) is 9.60. The van der Waals surface area contributed by atoms with Crippen LogP contribution in [-0.4, -0.2) is 23.0 Å². The molecule has 5 nitrogen and oxygen atoms in total. The number of benzene rings is 1. The number of carbonyl (C=O) groups is 2. The summed E-state index contributed by atoms with van der Waals surface area (Å²) in [6.45, 7) is 6.17. The van der Waals surface area contributed by atoms with Gasteiger partial charge in [0.1, 0.15) is 0 Å². The average Bonchev–Trinajstić information content (AvgIpc) is 2.28. The highest BCUT2D eigenvalue weighted by Gasteiger charge is 2.20. The fraction of sp³-hybridized carbons (Fsp3) is 0.467. The number of hydrogen-bond donors (Lipinski definition) is 3. The largest absolute Gasteiger partial charge is 0.478 e. The van der Waals surface area contributed by atoms with E-state index < -0.39 is 5.97 Å². The Morgan fingerprint density at radius 2 is 2.00 bits per heavy atom. The third-order valence-corrected chi connectivity index (χ3v) is 3.49. The van der Waals surface area contributed by atoms with Gasteiger partial charge in [0.2, 0.25) is 5.91 Å². The number of nitrogens with two attached hydrogens (primary N) is 1. The molecule has 6 heteroatoms. The van der Waals surface area contributed by atoms with Gasteiger partial charge < -0.3 is 16.2 Å². The molecular formula is C15H21BrN2O3. The maximum Gasteiger partial charge on any atom is 0.337 e. The number of carbonyl (C=O) groups excluding carboxylic acids is 1. The molecule has 0 bridgehead atoms. The Hall–Kier alpha value is -1.40. The third-order valence-electron chi connectivity index (χ3n) is 2.83. The van der Waals surface area contributed by atoms with Crippen LogP contribution >= 0.6 is 15.9 Å². The zero-order chi connectivity index (χ0) is 16.2. The predicted molar refractivity (Wildman–Crippen MR) is 86.4 cm³/mol. The van der Waals surface area contributed by atoms with E-state index in [4.69, 9.17) is 10.8 Å². The van der Waals surface area contributed by atoms with Gasteiger partial charge in [-0.05, 0) is 39.9 Å². The number of aromatic carboxylic acids is 1. The van der Waals surface area contributed by atoms with E-state index in [1.165, 1.54) is 6.07 Å². The second-order valence-corrected chi connectivity index (χ2v) is 7.10. The first kappa shape index (κ1) is 17.7. The van der Waals surface area contributed by atoms with Crippen molar-refractivity contribution in [2.24, 2.45) is 11.1 Å². The van der Waals surface area contributed by atoms with Crippen LogP contribution in [0.2, 0.25) is 0 Å². The van der Waals surface area contributed by atoms with E-state index in [0.29, 0.717) is 10.9 Å². The maximum absolute atomic E-state index is 12.0. The Morgan fingerprint density at radius 3 is 2.52 bits per heavy atom. The highest BCUT2D eigenvalue weighted by atomic mass is 79.9. The topological polar surface area (TPSA) is 92.4 Å². The number of nitrogens with one attached hydrogen (secondary N) is 1. The lowest BCUT2D eigenvalue weighted by Gasteiger charge is -2.22. The minimum absolute atomic E-state index is 0.0409. The van der Waals surface area contributed by atoms with Crippen LogP contribution in [-0.2, 0) is 4.79 Å². The summed E-state index contributed by atoms with van der Waals surface area (Å²) < 4.78 is 0.528. The molecule has 0 radical (unpaired) electrons. The molecule has 0 aliphatic heterocycles. The van der Waals surface area contributed by atoms with Crippen molar-refractivity contribution < 1.29 is 14.7 Å². The molecule has 116 valence electrons. The Bertz CT molecular complexity index is 538. The minimum Gasteiger partial charge on any atom is -0.478 e. The summed E-state index contributed by atoms with van der Waals surface area (Å²) in [5.41, 5.74) is 6.31. The van der Waals surface area contributed by atoms with Gasteiger partial charge in [-0.1, -0.05) is 26.8 Å². The number of para-hydroxylation sites is 1. The number of anilines is 1. The van der Waals surface area contributed by atoms with Crippen molar-refractivity contribution in [2.45, 2.75) is 39.7 Å². The fourth-order valence-corrected chi connectivity index (χ4v) is 2.58. The number of rotatable bonds is 5. The predicted octanol–water partition coefficient (Wildman–Crippen LogP) is 3.24. The van der Waals surface area contributed by atoms with E-state index >= 15 is 0 Å². The highest BCUT2D eigenvalue weighted by molar-refractivity contribution is 9.10. The van der Waals surface area contributed by atoms with E-state index in [2.05, 4.69) is 42.0 Å². The second-order valence-electron chi connectivity index (χ2n) is 6.24. The van der Waals surface area contributed by atoms with Crippen LogP contribution in [0.15, 0.2) is 22.7 Å². The molecule has 0 spiro atoms. The molecule has 0 saturated heterocycles. The van der Waals surface area contributed by atoms with E-state index in [0.717, 1.165) is 0 Å². The van der Waals surface area contributed by atoms with Crippen molar-refractivity contribution in [1.29, 1.82) is 0 Å². The van der Waals surface area contributed by atoms with Gasteiger partial charge in [0.25, 0.3) is 0 Å². The zero-order valence-corrected chi connectivity index (χ0v) is 14.0. The SMILES string of the molecule is CC(C)(C)CC(N)CC(=O)Nc1c(Br)cccc1C(=O)O. The van der Waals surface area contributed by atoms with E-state index in [1.807, 2.05) is 0 Å². The first-order valence-electron chi connectivity index (χ1n) is 6.67. The van der Waals surface area contributed by atoms with Crippen molar-refractivity contribution in [3.63, 3.8) is 0 Å². The summed E-state index contributed by atoms with van der Waals surface area (Å²) in [5.74, 6) is -1.38. The van der Waals surface area contributed by atoms with Crippen LogP contribution in [0.5, 0.6) is 0 Å². The van der Waals surface area contributed by atoms with Gasteiger partial charge in [-0.2, -0.15) is 0 Å². The molecular weight excluding hydrogens is 336 g/mol. The van der Waals surface area contributed by atoms with Crippen LogP contribution in [0.1, 0.15) is 44.0 Å². The molecule has 21 heavy (non-hydrogen) atoms. The van der Waals surface area contributed by atoms with Gasteiger partial charge in [0.15, 0.2) is 0 Å². The lowest BCUT2D eigenvalue weighted by atomic mass is 9.87. The quantitative estimate of drug-likeness (QED) is 0.754. The lowest BCUT2D eigenvalue weighted by molar-refractivity contribution is -0.116. The molecule has 0 aromatic heterocycles. The number of carboxylic acids is 1. The number of amides is 1. The monoisotopic (exact) mass is 356 g/mol. The van der Waals surface area contributed by atoms with Crippen molar-refractivity contribution in [3.05, 3.63) is 28.2 Å². The molecule has 0 aliphatic carbocycles. The molecule has 0 saturated carbocycles. The van der Waals surface area contributed by atoms with Gasteiger partial charge in [-0.3, -0.25) is 4.79 Å². The van der Waals surface area contributed by atoms with E-state index in [1.54, 1.807) is 12.1 Å². The summed E-state index contributed by atoms with van der Waals surface area (Å²) in [6, 6.07) is 4.46. The Kier molecular flexibility index (Phi) is 5.92. The van der Waals surface area contributed by atoms with Crippen LogP contribution in [0.25, 0.3) is 0 Å². The van der Waals surface area contributed by atoms with Gasteiger partial charge in [0.05, 0.1) is 11.3 Å². The number of halogens is 1. The van der Waals surface area contributed by atoms with Gasteiger partial charge in [-0.25, -0.2) is 4.79 Å². The summed E-state index contributed by atoms with van der Waals surface area (Å²) >= 11 is 3.25. The molecule has 0 fully saturated rings. The molecule has 1 unspecified atom stereocenters. The molecule has 1 aromatic rings. The van der Waals surface area contributed by atoms with Crippen LogP contribution in [0.3, 0.4) is 0 Å². The molecule has 1 atom stereocenters. The molecule has 0 aliphatic rings. The molecule has 4 N–H and O–H groups in total. The minimum atomic E-state index is -1.09. The van der Waals surface area contributed by atoms with E-state index in [-0.39, 0.29) is 35.0 Å². The fourth-order valence-electron chi connectivity index (χ4n) is 2.12. The first-order valence-corrected chi connectivity index (χ1v) is 7.46. The Balaban J connectivity index is 2.78. The van der Waals surface area contributed by atoms with Crippen LogP contribution in [0, 0.1) is 5.41 Å². The smallest absolute Gasteiger partial charge is 0.337 e. The van der Waals surface area contributed by atoms with Crippen LogP contribution < -0.4 is 11.1 Å². The second kappa shape index (κ2) is 7.04. The molecule has 0 heterocycles. The molecule has 1 amide bonds.